The Hall–Kier alpha value is -4.21. The van der Waals surface area contributed by atoms with Crippen LogP contribution in [0.25, 0.3) is 0 Å². The normalized spacial score (nSPS) is 10.4. The van der Waals surface area contributed by atoms with Crippen molar-refractivity contribution in [3.63, 3.8) is 0 Å². The van der Waals surface area contributed by atoms with Crippen LogP contribution in [0.4, 0.5) is 11.4 Å². The lowest BCUT2D eigenvalue weighted by molar-refractivity contribution is -0.117. The third-order valence-electron chi connectivity index (χ3n) is 4.62. The molecule has 0 spiro atoms. The van der Waals surface area contributed by atoms with Crippen LogP contribution >= 0.6 is 0 Å². The maximum atomic E-state index is 12.7. The van der Waals surface area contributed by atoms with Crippen molar-refractivity contribution in [2.24, 2.45) is 0 Å². The molecule has 0 aliphatic heterocycles. The number of hydrogen-bond donors (Lipinski definition) is 2. The van der Waals surface area contributed by atoms with E-state index in [1.165, 1.54) is 4.68 Å². The molecule has 0 aliphatic carbocycles. The molecule has 1 heterocycles. The molecule has 1 aromatic heterocycles. The van der Waals surface area contributed by atoms with E-state index in [9.17, 15) is 14.4 Å². The van der Waals surface area contributed by atoms with Gasteiger partial charge in [0.05, 0.1) is 35.8 Å². The van der Waals surface area contributed by atoms with Gasteiger partial charge in [0.2, 0.25) is 5.91 Å². The summed E-state index contributed by atoms with van der Waals surface area (Å²) in [5.41, 5.74) is 1.57. The Morgan fingerprint density at radius 3 is 2.36 bits per heavy atom. The minimum Gasteiger partial charge on any atom is -0.492 e. The van der Waals surface area contributed by atoms with Gasteiger partial charge in [-0.2, -0.15) is 0 Å². The van der Waals surface area contributed by atoms with Gasteiger partial charge in [-0.15, -0.1) is 5.10 Å². The van der Waals surface area contributed by atoms with Crippen molar-refractivity contribution in [3.8, 4) is 5.75 Å². The van der Waals surface area contributed by atoms with E-state index in [1.807, 2.05) is 6.92 Å². The first-order valence-electron chi connectivity index (χ1n) is 10.4. The lowest BCUT2D eigenvalue weighted by Crippen LogP contribution is -2.22. The lowest BCUT2D eigenvalue weighted by atomic mass is 10.2. The van der Waals surface area contributed by atoms with Gasteiger partial charge in [0, 0.05) is 0 Å². The summed E-state index contributed by atoms with van der Waals surface area (Å²) < 4.78 is 11.8. The summed E-state index contributed by atoms with van der Waals surface area (Å²) in [5.74, 6) is -0.901. The molecule has 10 heteroatoms. The Bertz CT molecular complexity index is 1160. The molecular formula is C23H25N5O5. The molecule has 0 bridgehead atoms. The standard InChI is InChI=1S/C23H25N5O5/c1-4-32-19-13-9-8-12-18(19)25-22(30)21-15(3)28(27-26-21)14-20(29)24-17-11-7-6-10-16(17)23(31)33-5-2/h6-13H,4-5,14H2,1-3H3,(H,24,29)(H,25,30). The summed E-state index contributed by atoms with van der Waals surface area (Å²) in [7, 11) is 0. The SMILES string of the molecule is CCOC(=O)c1ccccc1NC(=O)Cn1nnc(C(=O)Nc2ccccc2OCC)c1C. The van der Waals surface area contributed by atoms with Gasteiger partial charge in [-0.3, -0.25) is 9.59 Å². The second-order valence-corrected chi connectivity index (χ2v) is 6.88. The van der Waals surface area contributed by atoms with E-state index in [0.29, 0.717) is 29.4 Å². The summed E-state index contributed by atoms with van der Waals surface area (Å²) in [6.07, 6.45) is 0. The van der Waals surface area contributed by atoms with Gasteiger partial charge < -0.3 is 20.1 Å². The van der Waals surface area contributed by atoms with Gasteiger partial charge in [-0.1, -0.05) is 29.5 Å². The van der Waals surface area contributed by atoms with Gasteiger partial charge in [0.25, 0.3) is 5.91 Å². The van der Waals surface area contributed by atoms with E-state index >= 15 is 0 Å². The predicted octanol–water partition coefficient (Wildman–Crippen LogP) is 3.05. The van der Waals surface area contributed by atoms with Gasteiger partial charge in [0.1, 0.15) is 12.3 Å². The number of nitrogens with zero attached hydrogens (tertiary/aromatic N) is 3. The topological polar surface area (TPSA) is 124 Å². The molecule has 2 N–H and O–H groups in total. The molecule has 2 amide bonds. The van der Waals surface area contributed by atoms with E-state index in [-0.39, 0.29) is 24.4 Å². The second kappa shape index (κ2) is 10.9. The van der Waals surface area contributed by atoms with Crippen LogP contribution in [0.15, 0.2) is 48.5 Å². The molecule has 0 saturated carbocycles. The maximum Gasteiger partial charge on any atom is 0.340 e. The monoisotopic (exact) mass is 451 g/mol. The molecule has 3 rings (SSSR count). The number of carbonyl (C=O) groups excluding carboxylic acids is 3. The van der Waals surface area contributed by atoms with Crippen LogP contribution in [0.1, 0.15) is 40.4 Å². The molecule has 10 nitrogen and oxygen atoms in total. The number of ether oxygens (including phenoxy) is 2. The Morgan fingerprint density at radius 2 is 1.64 bits per heavy atom. The summed E-state index contributed by atoms with van der Waals surface area (Å²) in [5, 5.41) is 13.3. The Kier molecular flexibility index (Phi) is 7.74. The molecule has 0 atom stereocenters. The highest BCUT2D eigenvalue weighted by molar-refractivity contribution is 6.04. The first kappa shape index (κ1) is 23.5. The average Bonchev–Trinajstić information content (AvgIpc) is 3.15. The smallest absolute Gasteiger partial charge is 0.340 e. The Balaban J connectivity index is 1.70. The fourth-order valence-corrected chi connectivity index (χ4v) is 3.06. The van der Waals surface area contributed by atoms with E-state index in [4.69, 9.17) is 9.47 Å². The predicted molar refractivity (Wildman–Crippen MR) is 121 cm³/mol. The molecular weight excluding hydrogens is 426 g/mol. The number of benzene rings is 2. The van der Waals surface area contributed by atoms with Crippen LogP contribution in [0.3, 0.4) is 0 Å². The Morgan fingerprint density at radius 1 is 0.939 bits per heavy atom. The fourth-order valence-electron chi connectivity index (χ4n) is 3.06. The minimum absolute atomic E-state index is 0.0843. The van der Waals surface area contributed by atoms with Gasteiger partial charge in [0.15, 0.2) is 5.69 Å². The largest absolute Gasteiger partial charge is 0.492 e. The third kappa shape index (κ3) is 5.73. The van der Waals surface area contributed by atoms with Crippen LogP contribution in [0, 0.1) is 6.92 Å². The summed E-state index contributed by atoms with van der Waals surface area (Å²) in [6, 6.07) is 13.6. The van der Waals surface area contributed by atoms with Crippen molar-refractivity contribution >= 4 is 29.2 Å². The summed E-state index contributed by atoms with van der Waals surface area (Å²) in [4.78, 5) is 37.4. The number of nitrogens with one attached hydrogen (secondary N) is 2. The molecule has 0 radical (unpaired) electrons. The van der Waals surface area contributed by atoms with E-state index in [1.54, 1.807) is 62.4 Å². The number of rotatable bonds is 9. The zero-order valence-corrected chi connectivity index (χ0v) is 18.6. The summed E-state index contributed by atoms with van der Waals surface area (Å²) >= 11 is 0. The number of carbonyl (C=O) groups is 3. The lowest BCUT2D eigenvalue weighted by Gasteiger charge is -2.11. The number of aromatic nitrogens is 3. The fraction of sp³-hybridized carbons (Fsp3) is 0.261. The van der Waals surface area contributed by atoms with E-state index < -0.39 is 17.8 Å². The van der Waals surface area contributed by atoms with Crippen LogP contribution in [-0.4, -0.2) is 46.0 Å². The molecule has 0 saturated heterocycles. The quantitative estimate of drug-likeness (QED) is 0.479. The van der Waals surface area contributed by atoms with Crippen LogP contribution in [0.2, 0.25) is 0 Å². The molecule has 0 aliphatic rings. The maximum absolute atomic E-state index is 12.7. The third-order valence-corrected chi connectivity index (χ3v) is 4.62. The highest BCUT2D eigenvalue weighted by Gasteiger charge is 2.20. The summed E-state index contributed by atoms with van der Waals surface area (Å²) in [6.45, 7) is 5.68. The highest BCUT2D eigenvalue weighted by atomic mass is 16.5. The number of para-hydroxylation sites is 3. The molecule has 2 aromatic carbocycles. The van der Waals surface area contributed by atoms with Gasteiger partial charge in [-0.05, 0) is 45.0 Å². The Labute approximate surface area is 190 Å². The first-order chi connectivity index (χ1) is 15.9. The van der Waals surface area contributed by atoms with Crippen molar-refractivity contribution in [2.45, 2.75) is 27.3 Å². The van der Waals surface area contributed by atoms with Gasteiger partial charge >= 0.3 is 5.97 Å². The number of esters is 1. The van der Waals surface area contributed by atoms with Crippen molar-refractivity contribution in [1.29, 1.82) is 0 Å². The highest BCUT2D eigenvalue weighted by Crippen LogP contribution is 2.24. The molecule has 3 aromatic rings. The van der Waals surface area contributed by atoms with Crippen LogP contribution in [0.5, 0.6) is 5.75 Å². The molecule has 0 fully saturated rings. The zero-order valence-electron chi connectivity index (χ0n) is 18.6. The van der Waals surface area contributed by atoms with E-state index in [2.05, 4.69) is 20.9 Å². The van der Waals surface area contributed by atoms with Gasteiger partial charge in [-0.25, -0.2) is 9.48 Å². The number of hydrogen-bond acceptors (Lipinski definition) is 7. The van der Waals surface area contributed by atoms with Crippen LogP contribution < -0.4 is 15.4 Å². The van der Waals surface area contributed by atoms with Crippen molar-refractivity contribution in [1.82, 2.24) is 15.0 Å². The average molecular weight is 451 g/mol. The number of anilines is 2. The van der Waals surface area contributed by atoms with Crippen molar-refractivity contribution in [2.75, 3.05) is 23.8 Å². The first-order valence-corrected chi connectivity index (χ1v) is 10.4. The molecule has 172 valence electrons. The van der Waals surface area contributed by atoms with Crippen LogP contribution in [-0.2, 0) is 16.1 Å². The second-order valence-electron chi connectivity index (χ2n) is 6.88. The van der Waals surface area contributed by atoms with Crippen molar-refractivity contribution in [3.05, 3.63) is 65.5 Å². The minimum atomic E-state index is -0.531. The number of amides is 2. The zero-order chi connectivity index (χ0) is 23.8. The molecule has 33 heavy (non-hydrogen) atoms. The van der Waals surface area contributed by atoms with Crippen molar-refractivity contribution < 1.29 is 23.9 Å². The van der Waals surface area contributed by atoms with E-state index in [0.717, 1.165) is 0 Å². The molecule has 0 unspecified atom stereocenters.